The monoisotopic (exact) mass is 189 g/mol. The van der Waals surface area contributed by atoms with Crippen LogP contribution >= 0.6 is 12.6 Å². The predicted molar refractivity (Wildman–Crippen MR) is 53.7 cm³/mol. The van der Waals surface area contributed by atoms with Crippen LogP contribution in [0.2, 0.25) is 0 Å². The Kier molecular flexibility index (Phi) is 2.50. The van der Waals surface area contributed by atoms with Gasteiger partial charge in [0.05, 0.1) is 0 Å². The summed E-state index contributed by atoms with van der Waals surface area (Å²) in [5.74, 6) is 1.31. The normalized spacial score (nSPS) is 34.0. The smallest absolute Gasteiger partial charge is 0.0446 e. The lowest BCUT2D eigenvalue weighted by molar-refractivity contribution is -0.195. The molecular weight excluding hydrogens is 170 g/mol. The molecule has 1 heterocycles. The summed E-state index contributed by atoms with van der Waals surface area (Å²) in [5.41, 5.74) is -0.234. The standard InChI is InChI=1S/C9H19NOS/c1-8(2)5-7(6-12)9(3,4)10(8)11/h7,11-12H,5-6H2,1-4H3/t7-/m0/s1. The van der Waals surface area contributed by atoms with Crippen LogP contribution in [-0.2, 0) is 0 Å². The van der Waals surface area contributed by atoms with Gasteiger partial charge in [0.1, 0.15) is 0 Å². The number of nitrogens with zero attached hydrogens (tertiary/aromatic N) is 1. The Hall–Kier alpha value is 0.270. The van der Waals surface area contributed by atoms with E-state index in [9.17, 15) is 5.21 Å². The maximum absolute atomic E-state index is 9.89. The van der Waals surface area contributed by atoms with Gasteiger partial charge in [0, 0.05) is 11.1 Å². The van der Waals surface area contributed by atoms with E-state index in [-0.39, 0.29) is 11.1 Å². The molecule has 72 valence electrons. The van der Waals surface area contributed by atoms with Gasteiger partial charge in [-0.05, 0) is 45.8 Å². The van der Waals surface area contributed by atoms with Gasteiger partial charge in [0.25, 0.3) is 0 Å². The molecule has 2 nitrogen and oxygen atoms in total. The topological polar surface area (TPSA) is 23.5 Å². The zero-order valence-corrected chi connectivity index (χ0v) is 9.23. The minimum Gasteiger partial charge on any atom is -0.313 e. The summed E-state index contributed by atoms with van der Waals surface area (Å²) >= 11 is 4.31. The second-order valence-electron chi connectivity index (χ2n) is 4.86. The molecule has 1 N–H and O–H groups in total. The molecule has 1 aliphatic rings. The largest absolute Gasteiger partial charge is 0.313 e. The lowest BCUT2D eigenvalue weighted by Gasteiger charge is -2.35. The molecule has 0 radical (unpaired) electrons. The fourth-order valence-electron chi connectivity index (χ4n) is 2.18. The van der Waals surface area contributed by atoms with E-state index in [0.717, 1.165) is 12.2 Å². The van der Waals surface area contributed by atoms with Gasteiger partial charge in [-0.1, -0.05) is 0 Å². The summed E-state index contributed by atoms with van der Waals surface area (Å²) in [6, 6.07) is 0. The van der Waals surface area contributed by atoms with Gasteiger partial charge in [-0.25, -0.2) is 0 Å². The van der Waals surface area contributed by atoms with Gasteiger partial charge >= 0.3 is 0 Å². The van der Waals surface area contributed by atoms with Crippen LogP contribution in [0.5, 0.6) is 0 Å². The average molecular weight is 189 g/mol. The molecule has 0 spiro atoms. The molecule has 0 saturated carbocycles. The summed E-state index contributed by atoms with van der Waals surface area (Å²) < 4.78 is 0. The predicted octanol–water partition coefficient (Wildman–Crippen LogP) is 2.18. The Balaban J connectivity index is 2.88. The molecule has 1 aliphatic heterocycles. The summed E-state index contributed by atoms with van der Waals surface area (Å²) in [7, 11) is 0. The Morgan fingerprint density at radius 1 is 1.42 bits per heavy atom. The minimum absolute atomic E-state index is 0.100. The highest BCUT2D eigenvalue weighted by Gasteiger charge is 2.50. The Bertz CT molecular complexity index is 179. The summed E-state index contributed by atoms with van der Waals surface area (Å²) in [5, 5.41) is 11.4. The number of rotatable bonds is 1. The van der Waals surface area contributed by atoms with Crippen molar-refractivity contribution >= 4 is 12.6 Å². The van der Waals surface area contributed by atoms with E-state index in [1.54, 1.807) is 0 Å². The first-order valence-electron chi connectivity index (χ1n) is 4.42. The maximum atomic E-state index is 9.89. The zero-order chi connectivity index (χ0) is 9.57. The second kappa shape index (κ2) is 2.89. The molecule has 0 aromatic heterocycles. The maximum Gasteiger partial charge on any atom is 0.0446 e. The van der Waals surface area contributed by atoms with Crippen molar-refractivity contribution < 1.29 is 5.21 Å². The van der Waals surface area contributed by atoms with Crippen LogP contribution in [0.1, 0.15) is 34.1 Å². The van der Waals surface area contributed by atoms with Gasteiger partial charge in [-0.3, -0.25) is 0 Å². The van der Waals surface area contributed by atoms with Crippen molar-refractivity contribution in [2.75, 3.05) is 5.75 Å². The lowest BCUT2D eigenvalue weighted by Crippen LogP contribution is -2.47. The zero-order valence-electron chi connectivity index (χ0n) is 8.33. The van der Waals surface area contributed by atoms with E-state index in [1.165, 1.54) is 5.06 Å². The Morgan fingerprint density at radius 3 is 2.08 bits per heavy atom. The van der Waals surface area contributed by atoms with Gasteiger partial charge in [-0.15, -0.1) is 0 Å². The first-order valence-corrected chi connectivity index (χ1v) is 5.05. The SMILES string of the molecule is CC1(C)C[C@@H](CS)C(C)(C)N1O. The van der Waals surface area contributed by atoms with Crippen molar-refractivity contribution in [2.45, 2.75) is 45.2 Å². The highest BCUT2D eigenvalue weighted by molar-refractivity contribution is 7.80. The molecule has 0 bridgehead atoms. The number of hydrogen-bond donors (Lipinski definition) is 2. The minimum atomic E-state index is -0.134. The van der Waals surface area contributed by atoms with E-state index in [1.807, 2.05) is 0 Å². The van der Waals surface area contributed by atoms with Gasteiger partial charge in [0.15, 0.2) is 0 Å². The molecule has 0 aliphatic carbocycles. The van der Waals surface area contributed by atoms with Crippen LogP contribution in [0.4, 0.5) is 0 Å². The molecule has 1 rings (SSSR count). The number of thiol groups is 1. The van der Waals surface area contributed by atoms with Crippen molar-refractivity contribution in [3.05, 3.63) is 0 Å². The number of hydroxylamine groups is 2. The van der Waals surface area contributed by atoms with E-state index in [2.05, 4.69) is 40.3 Å². The van der Waals surface area contributed by atoms with Crippen molar-refractivity contribution in [3.63, 3.8) is 0 Å². The highest BCUT2D eigenvalue weighted by atomic mass is 32.1. The first-order chi connectivity index (χ1) is 5.32. The summed E-state index contributed by atoms with van der Waals surface area (Å²) in [6.45, 7) is 8.28. The molecule has 0 aromatic rings. The fraction of sp³-hybridized carbons (Fsp3) is 1.00. The van der Waals surface area contributed by atoms with E-state index in [4.69, 9.17) is 0 Å². The highest BCUT2D eigenvalue weighted by Crippen LogP contribution is 2.43. The van der Waals surface area contributed by atoms with E-state index >= 15 is 0 Å². The van der Waals surface area contributed by atoms with Crippen molar-refractivity contribution in [3.8, 4) is 0 Å². The molecule has 3 heteroatoms. The van der Waals surface area contributed by atoms with Crippen LogP contribution in [-0.4, -0.2) is 27.1 Å². The molecule has 1 saturated heterocycles. The molecule has 0 unspecified atom stereocenters. The van der Waals surface area contributed by atoms with Crippen molar-refractivity contribution in [2.24, 2.45) is 5.92 Å². The van der Waals surface area contributed by atoms with Crippen LogP contribution in [0.3, 0.4) is 0 Å². The second-order valence-corrected chi connectivity index (χ2v) is 5.23. The van der Waals surface area contributed by atoms with Gasteiger partial charge in [-0.2, -0.15) is 17.7 Å². The molecular formula is C9H19NOS. The molecule has 0 amide bonds. The van der Waals surface area contributed by atoms with E-state index in [0.29, 0.717) is 5.92 Å². The fourth-order valence-corrected chi connectivity index (χ4v) is 2.76. The third kappa shape index (κ3) is 1.38. The summed E-state index contributed by atoms with van der Waals surface area (Å²) in [6.07, 6.45) is 1.01. The van der Waals surface area contributed by atoms with Crippen LogP contribution in [0.15, 0.2) is 0 Å². The van der Waals surface area contributed by atoms with E-state index < -0.39 is 0 Å². The first kappa shape index (κ1) is 10.4. The molecule has 1 fully saturated rings. The quantitative estimate of drug-likeness (QED) is 0.618. The number of hydrogen-bond acceptors (Lipinski definition) is 3. The van der Waals surface area contributed by atoms with Gasteiger partial charge < -0.3 is 5.21 Å². The van der Waals surface area contributed by atoms with Crippen LogP contribution < -0.4 is 0 Å². The third-order valence-corrected chi connectivity index (χ3v) is 3.53. The molecule has 0 aromatic carbocycles. The van der Waals surface area contributed by atoms with Crippen LogP contribution in [0, 0.1) is 5.92 Å². The lowest BCUT2D eigenvalue weighted by atomic mass is 9.89. The summed E-state index contributed by atoms with van der Waals surface area (Å²) in [4.78, 5) is 0. The van der Waals surface area contributed by atoms with Crippen LogP contribution in [0.25, 0.3) is 0 Å². The van der Waals surface area contributed by atoms with Crippen molar-refractivity contribution in [1.29, 1.82) is 0 Å². The molecule has 1 atom stereocenters. The average Bonchev–Trinajstić information content (AvgIpc) is 2.11. The Labute approximate surface area is 80.3 Å². The molecule has 12 heavy (non-hydrogen) atoms. The Morgan fingerprint density at radius 2 is 1.92 bits per heavy atom. The third-order valence-electron chi connectivity index (χ3n) is 3.08. The van der Waals surface area contributed by atoms with Crippen molar-refractivity contribution in [1.82, 2.24) is 5.06 Å². The van der Waals surface area contributed by atoms with Gasteiger partial charge in [0.2, 0.25) is 0 Å².